The third kappa shape index (κ3) is 6.59. The number of hydrogen-bond donors (Lipinski definition) is 2. The summed E-state index contributed by atoms with van der Waals surface area (Å²) in [7, 11) is 0. The molecule has 2 aliphatic heterocycles. The number of hydrogen-bond acceptors (Lipinski definition) is 6. The van der Waals surface area contributed by atoms with Gasteiger partial charge in [-0.3, -0.25) is 19.8 Å². The van der Waals surface area contributed by atoms with Gasteiger partial charge in [0.2, 0.25) is 0 Å². The Labute approximate surface area is 146 Å². The van der Waals surface area contributed by atoms with Crippen molar-refractivity contribution in [2.75, 3.05) is 39.4 Å². The Morgan fingerprint density at radius 1 is 0.708 bits per heavy atom. The molecule has 0 aromatic rings. The summed E-state index contributed by atoms with van der Waals surface area (Å²) < 4.78 is 0. The number of aliphatic hydroxyl groups excluding tert-OH is 2. The predicted octanol–water partition coefficient (Wildman–Crippen LogP) is 1.52. The van der Waals surface area contributed by atoms with Crippen molar-refractivity contribution in [1.82, 2.24) is 9.80 Å². The van der Waals surface area contributed by atoms with Crippen LogP contribution in [0.1, 0.15) is 51.4 Å². The van der Waals surface area contributed by atoms with Crippen LogP contribution < -0.4 is 0 Å². The molecule has 0 aromatic carbocycles. The molecule has 2 unspecified atom stereocenters. The topological polar surface area (TPSA) is 71.7 Å². The molecule has 0 amide bonds. The van der Waals surface area contributed by atoms with Crippen molar-refractivity contribution in [3.05, 3.63) is 0 Å². The third-order valence-corrected chi connectivity index (χ3v) is 4.98. The molecule has 2 rings (SSSR count). The summed E-state index contributed by atoms with van der Waals surface area (Å²) in [6.07, 6.45) is 14.4. The minimum atomic E-state index is 0.223. The molecule has 0 saturated carbocycles. The fourth-order valence-electron chi connectivity index (χ4n) is 3.59. The van der Waals surface area contributed by atoms with E-state index in [1.54, 1.807) is 0 Å². The van der Waals surface area contributed by atoms with Gasteiger partial charge in [0.1, 0.15) is 12.3 Å². The lowest BCUT2D eigenvalue weighted by Crippen LogP contribution is -2.32. The molecule has 2 aliphatic rings. The van der Waals surface area contributed by atoms with E-state index in [0.717, 1.165) is 39.0 Å². The molecule has 0 aliphatic carbocycles. The van der Waals surface area contributed by atoms with Gasteiger partial charge in [-0.25, -0.2) is 0 Å². The average Bonchev–Trinajstić information content (AvgIpc) is 3.20. The van der Waals surface area contributed by atoms with E-state index in [1.807, 2.05) is 12.4 Å². The van der Waals surface area contributed by atoms with E-state index in [9.17, 15) is 0 Å². The molecule has 2 atom stereocenters. The maximum Gasteiger partial charge on any atom is 0.102 e. The first-order valence-corrected chi connectivity index (χ1v) is 9.58. The Morgan fingerprint density at radius 3 is 1.54 bits per heavy atom. The Kier molecular flexibility index (Phi) is 9.50. The molecular formula is C18H34N4O2. The molecule has 0 radical (unpaired) electrons. The van der Waals surface area contributed by atoms with Gasteiger partial charge in [-0.05, 0) is 25.7 Å². The van der Waals surface area contributed by atoms with Gasteiger partial charge in [-0.1, -0.05) is 25.7 Å². The average molecular weight is 338 g/mol. The zero-order chi connectivity index (χ0) is 17.0. The van der Waals surface area contributed by atoms with Gasteiger partial charge >= 0.3 is 0 Å². The van der Waals surface area contributed by atoms with Gasteiger partial charge in [-0.2, -0.15) is 0 Å². The van der Waals surface area contributed by atoms with Crippen molar-refractivity contribution < 1.29 is 10.2 Å². The zero-order valence-corrected chi connectivity index (χ0v) is 14.9. The summed E-state index contributed by atoms with van der Waals surface area (Å²) in [6.45, 7) is 3.70. The molecule has 0 spiro atoms. The van der Waals surface area contributed by atoms with E-state index in [0.29, 0.717) is 12.3 Å². The highest BCUT2D eigenvalue weighted by molar-refractivity contribution is 5.62. The first kappa shape index (κ1) is 19.5. The summed E-state index contributed by atoms with van der Waals surface area (Å²) in [5, 5.41) is 18.1. The number of nitrogens with zero attached hydrogens (tertiary/aromatic N) is 4. The normalized spacial score (nSPS) is 24.4. The predicted molar refractivity (Wildman–Crippen MR) is 98.8 cm³/mol. The molecule has 2 heterocycles. The minimum absolute atomic E-state index is 0.223. The van der Waals surface area contributed by atoms with Crippen molar-refractivity contribution >= 4 is 12.4 Å². The second-order valence-corrected chi connectivity index (χ2v) is 6.76. The van der Waals surface area contributed by atoms with E-state index >= 15 is 0 Å². The SMILES string of the molecule is OCCN1CC=NC1CCCCCCCCC1N=CCN1CCO. The number of β-amino-alcohol motifs (C(OH)–C–C–N with tert-alkyl or cyclic N) is 2. The molecule has 6 heteroatoms. The highest BCUT2D eigenvalue weighted by Gasteiger charge is 2.20. The first-order chi connectivity index (χ1) is 11.8. The lowest BCUT2D eigenvalue weighted by atomic mass is 10.1. The Morgan fingerprint density at radius 2 is 1.12 bits per heavy atom. The molecule has 0 aromatic heterocycles. The number of unbranched alkanes of at least 4 members (excludes halogenated alkanes) is 5. The first-order valence-electron chi connectivity index (χ1n) is 9.58. The van der Waals surface area contributed by atoms with Crippen molar-refractivity contribution in [2.24, 2.45) is 9.98 Å². The summed E-state index contributed by atoms with van der Waals surface area (Å²) in [6, 6.07) is 0. The van der Waals surface area contributed by atoms with Crippen LogP contribution in [0.4, 0.5) is 0 Å². The van der Waals surface area contributed by atoms with E-state index in [2.05, 4.69) is 19.8 Å². The van der Waals surface area contributed by atoms with E-state index in [-0.39, 0.29) is 13.2 Å². The lowest BCUT2D eigenvalue weighted by molar-refractivity contribution is 0.175. The summed E-state index contributed by atoms with van der Waals surface area (Å²) in [5.74, 6) is 0. The third-order valence-electron chi connectivity index (χ3n) is 4.98. The highest BCUT2D eigenvalue weighted by atomic mass is 16.3. The second-order valence-electron chi connectivity index (χ2n) is 6.76. The van der Waals surface area contributed by atoms with Crippen LogP contribution in [0.25, 0.3) is 0 Å². The standard InChI is InChI=1S/C18H34N4O2/c23-15-13-21-11-9-19-17(21)7-5-3-1-2-4-6-8-18-20-10-12-22(18)14-16-24/h9-10,17-18,23-24H,1-8,11-16H2. The molecular weight excluding hydrogens is 304 g/mol. The summed E-state index contributed by atoms with van der Waals surface area (Å²) in [4.78, 5) is 13.5. The van der Waals surface area contributed by atoms with E-state index in [1.165, 1.54) is 38.5 Å². The van der Waals surface area contributed by atoms with Crippen molar-refractivity contribution in [1.29, 1.82) is 0 Å². The molecule has 2 N–H and O–H groups in total. The van der Waals surface area contributed by atoms with Gasteiger partial charge in [0, 0.05) is 38.6 Å². The van der Waals surface area contributed by atoms with Crippen LogP contribution in [-0.4, -0.2) is 84.2 Å². The number of rotatable bonds is 13. The molecule has 138 valence electrons. The molecule has 0 bridgehead atoms. The van der Waals surface area contributed by atoms with Crippen molar-refractivity contribution in [3.8, 4) is 0 Å². The quantitative estimate of drug-likeness (QED) is 0.500. The maximum absolute atomic E-state index is 9.04. The van der Waals surface area contributed by atoms with Gasteiger partial charge < -0.3 is 10.2 Å². The molecule has 6 nitrogen and oxygen atoms in total. The molecule has 24 heavy (non-hydrogen) atoms. The Hall–Kier alpha value is -0.820. The van der Waals surface area contributed by atoms with Gasteiger partial charge in [0.05, 0.1) is 13.2 Å². The summed E-state index contributed by atoms with van der Waals surface area (Å²) >= 11 is 0. The smallest absolute Gasteiger partial charge is 0.102 e. The van der Waals surface area contributed by atoms with E-state index < -0.39 is 0 Å². The number of aliphatic imine (C=N–C) groups is 2. The fraction of sp³-hybridized carbons (Fsp3) is 0.889. The van der Waals surface area contributed by atoms with Crippen LogP contribution in [0.15, 0.2) is 9.98 Å². The maximum atomic E-state index is 9.04. The summed E-state index contributed by atoms with van der Waals surface area (Å²) in [5.41, 5.74) is 0. The van der Waals surface area contributed by atoms with Crippen molar-refractivity contribution in [2.45, 2.75) is 63.7 Å². The molecule has 0 fully saturated rings. The Balaban J connectivity index is 1.43. The lowest BCUT2D eigenvalue weighted by Gasteiger charge is -2.22. The second kappa shape index (κ2) is 11.7. The largest absolute Gasteiger partial charge is 0.395 e. The fourth-order valence-corrected chi connectivity index (χ4v) is 3.59. The van der Waals surface area contributed by atoms with Gasteiger partial charge in [0.25, 0.3) is 0 Å². The van der Waals surface area contributed by atoms with Crippen LogP contribution in [0.5, 0.6) is 0 Å². The van der Waals surface area contributed by atoms with Crippen LogP contribution in [0.3, 0.4) is 0 Å². The van der Waals surface area contributed by atoms with Crippen LogP contribution in [0.2, 0.25) is 0 Å². The monoisotopic (exact) mass is 338 g/mol. The van der Waals surface area contributed by atoms with Crippen LogP contribution >= 0.6 is 0 Å². The van der Waals surface area contributed by atoms with E-state index in [4.69, 9.17) is 10.2 Å². The van der Waals surface area contributed by atoms with Gasteiger partial charge in [-0.15, -0.1) is 0 Å². The van der Waals surface area contributed by atoms with Crippen LogP contribution in [0, 0.1) is 0 Å². The Bertz CT molecular complexity index is 353. The van der Waals surface area contributed by atoms with Gasteiger partial charge in [0.15, 0.2) is 0 Å². The molecule has 0 saturated heterocycles. The van der Waals surface area contributed by atoms with Crippen LogP contribution in [-0.2, 0) is 0 Å². The zero-order valence-electron chi connectivity index (χ0n) is 14.9. The minimum Gasteiger partial charge on any atom is -0.395 e. The van der Waals surface area contributed by atoms with Crippen molar-refractivity contribution in [3.63, 3.8) is 0 Å². The highest BCUT2D eigenvalue weighted by Crippen LogP contribution is 2.18. The number of aliphatic hydroxyl groups is 2.